The molecule has 1 aromatic carbocycles. The molecular weight excluding hydrogens is 493 g/mol. The number of nitrogens with one attached hydrogen (secondary N) is 2. The summed E-state index contributed by atoms with van der Waals surface area (Å²) in [5, 5.41) is 17.1. The maximum Gasteiger partial charge on any atom is 0.191 e. The summed E-state index contributed by atoms with van der Waals surface area (Å²) < 4.78 is 7.47. The minimum atomic E-state index is -1.15. The zero-order chi connectivity index (χ0) is 20.5. The molecule has 162 valence electrons. The summed E-state index contributed by atoms with van der Waals surface area (Å²) in [4.78, 5) is 8.99. The maximum atomic E-state index is 10.6. The Labute approximate surface area is 194 Å². The number of aromatic nitrogens is 2. The van der Waals surface area contributed by atoms with Crippen molar-refractivity contribution >= 4 is 29.9 Å². The molecule has 2 aromatic heterocycles. The average molecular weight is 523 g/mol. The predicted molar refractivity (Wildman–Crippen MR) is 129 cm³/mol. The Morgan fingerprint density at radius 1 is 1.20 bits per heavy atom. The van der Waals surface area contributed by atoms with Crippen LogP contribution in [0.5, 0.6) is 0 Å². The summed E-state index contributed by atoms with van der Waals surface area (Å²) in [6.45, 7) is 6.11. The first-order valence-corrected chi connectivity index (χ1v) is 9.91. The minimum absolute atomic E-state index is 0. The normalized spacial score (nSPS) is 13.4. The summed E-state index contributed by atoms with van der Waals surface area (Å²) >= 11 is 0. The lowest BCUT2D eigenvalue weighted by atomic mass is 10.0. The molecule has 3 N–H and O–H groups in total. The van der Waals surface area contributed by atoms with Gasteiger partial charge < -0.3 is 24.7 Å². The Kier molecular flexibility index (Phi) is 9.38. The number of rotatable bonds is 9. The predicted octanol–water partition coefficient (Wildman–Crippen LogP) is 3.15. The van der Waals surface area contributed by atoms with E-state index >= 15 is 0 Å². The highest BCUT2D eigenvalue weighted by Crippen LogP contribution is 2.21. The largest absolute Gasteiger partial charge is 0.466 e. The molecule has 0 aliphatic heterocycles. The first kappa shape index (κ1) is 23.9. The van der Waals surface area contributed by atoms with Gasteiger partial charge in [0, 0.05) is 38.4 Å². The van der Waals surface area contributed by atoms with Gasteiger partial charge in [0.05, 0.1) is 12.8 Å². The van der Waals surface area contributed by atoms with Gasteiger partial charge >= 0.3 is 0 Å². The molecule has 2 heterocycles. The lowest BCUT2D eigenvalue weighted by Crippen LogP contribution is -2.40. The van der Waals surface area contributed by atoms with Crippen LogP contribution in [-0.2, 0) is 18.6 Å². The molecule has 1 atom stereocenters. The van der Waals surface area contributed by atoms with E-state index in [1.807, 2.05) is 37.5 Å². The van der Waals surface area contributed by atoms with Crippen LogP contribution >= 0.6 is 24.0 Å². The highest BCUT2D eigenvalue weighted by Gasteiger charge is 2.26. The standard InChI is InChI=1S/C22H29N5O2.HI/c1-3-23-21(26-17-22(2,28)19-10-7-15-29-19)25-12-11-20-24-13-14-27(20)16-18-8-5-4-6-9-18;/h4-10,13-15,28H,3,11-12,16-17H2,1-2H3,(H2,23,25,26);1H. The number of benzene rings is 1. The molecule has 3 rings (SSSR count). The van der Waals surface area contributed by atoms with Gasteiger partial charge in [0.25, 0.3) is 0 Å². The van der Waals surface area contributed by atoms with Crippen LogP contribution in [0.25, 0.3) is 0 Å². The monoisotopic (exact) mass is 523 g/mol. The number of hydrogen-bond acceptors (Lipinski definition) is 4. The molecule has 7 nitrogen and oxygen atoms in total. The highest BCUT2D eigenvalue weighted by atomic mass is 127. The average Bonchev–Trinajstić information content (AvgIpc) is 3.40. The fraction of sp³-hybridized carbons (Fsp3) is 0.364. The van der Waals surface area contributed by atoms with Gasteiger partial charge in [-0.1, -0.05) is 30.3 Å². The molecule has 0 spiro atoms. The second-order valence-corrected chi connectivity index (χ2v) is 7.08. The van der Waals surface area contributed by atoms with Crippen molar-refractivity contribution in [3.63, 3.8) is 0 Å². The molecule has 8 heteroatoms. The molecule has 0 amide bonds. The number of furan rings is 1. The van der Waals surface area contributed by atoms with E-state index in [2.05, 4.69) is 37.3 Å². The van der Waals surface area contributed by atoms with E-state index in [-0.39, 0.29) is 30.5 Å². The van der Waals surface area contributed by atoms with Gasteiger partial charge in [0.2, 0.25) is 0 Å². The van der Waals surface area contributed by atoms with Crippen LogP contribution in [0.1, 0.15) is 31.0 Å². The summed E-state index contributed by atoms with van der Waals surface area (Å²) in [6.07, 6.45) is 6.15. The summed E-state index contributed by atoms with van der Waals surface area (Å²) in [5.74, 6) is 2.17. The first-order valence-electron chi connectivity index (χ1n) is 9.91. The van der Waals surface area contributed by atoms with Crippen molar-refractivity contribution in [3.05, 3.63) is 78.3 Å². The number of hydrogen-bond donors (Lipinski definition) is 3. The van der Waals surface area contributed by atoms with Crippen molar-refractivity contribution in [1.82, 2.24) is 20.2 Å². The molecule has 0 saturated carbocycles. The molecule has 30 heavy (non-hydrogen) atoms. The van der Waals surface area contributed by atoms with E-state index in [0.29, 0.717) is 18.3 Å². The molecule has 0 bridgehead atoms. The summed E-state index contributed by atoms with van der Waals surface area (Å²) in [6, 6.07) is 13.9. The number of aliphatic imine (C=N–C) groups is 1. The van der Waals surface area contributed by atoms with Crippen molar-refractivity contribution in [3.8, 4) is 0 Å². The highest BCUT2D eigenvalue weighted by molar-refractivity contribution is 14.0. The van der Waals surface area contributed by atoms with Gasteiger partial charge in [-0.05, 0) is 31.5 Å². The van der Waals surface area contributed by atoms with Gasteiger partial charge in [0.1, 0.15) is 17.2 Å². The zero-order valence-electron chi connectivity index (χ0n) is 17.4. The third kappa shape index (κ3) is 6.88. The Bertz CT molecular complexity index is 891. The van der Waals surface area contributed by atoms with E-state index < -0.39 is 5.60 Å². The second-order valence-electron chi connectivity index (χ2n) is 7.08. The molecular formula is C22H30IN5O2. The van der Waals surface area contributed by atoms with Gasteiger partial charge in [-0.3, -0.25) is 0 Å². The van der Waals surface area contributed by atoms with Crippen LogP contribution in [0.4, 0.5) is 0 Å². The van der Waals surface area contributed by atoms with E-state index in [1.54, 1.807) is 25.3 Å². The third-order valence-electron chi connectivity index (χ3n) is 4.58. The van der Waals surface area contributed by atoms with E-state index in [1.165, 1.54) is 5.56 Å². The van der Waals surface area contributed by atoms with E-state index in [0.717, 1.165) is 25.3 Å². The van der Waals surface area contributed by atoms with Crippen LogP contribution in [-0.4, -0.2) is 40.3 Å². The first-order chi connectivity index (χ1) is 14.1. The van der Waals surface area contributed by atoms with Gasteiger partial charge in [-0.15, -0.1) is 24.0 Å². The Morgan fingerprint density at radius 3 is 2.70 bits per heavy atom. The van der Waals surface area contributed by atoms with Gasteiger partial charge in [-0.2, -0.15) is 0 Å². The lowest BCUT2D eigenvalue weighted by molar-refractivity contribution is 0.0437. The molecule has 3 aromatic rings. The van der Waals surface area contributed by atoms with Crippen molar-refractivity contribution in [1.29, 1.82) is 0 Å². The van der Waals surface area contributed by atoms with Crippen LogP contribution in [0.3, 0.4) is 0 Å². The van der Waals surface area contributed by atoms with Crippen LogP contribution in [0.15, 0.2) is 70.5 Å². The summed E-state index contributed by atoms with van der Waals surface area (Å²) in [5.41, 5.74) is 0.0902. The van der Waals surface area contributed by atoms with Gasteiger partial charge in [-0.25, -0.2) is 9.98 Å². The Morgan fingerprint density at radius 2 is 2.00 bits per heavy atom. The lowest BCUT2D eigenvalue weighted by Gasteiger charge is -2.19. The number of aliphatic hydroxyl groups is 1. The second kappa shape index (κ2) is 11.8. The van der Waals surface area contributed by atoms with Crippen molar-refractivity contribution in [2.75, 3.05) is 19.6 Å². The van der Waals surface area contributed by atoms with E-state index in [4.69, 9.17) is 4.42 Å². The van der Waals surface area contributed by atoms with Crippen LogP contribution < -0.4 is 10.6 Å². The van der Waals surface area contributed by atoms with Crippen LogP contribution in [0, 0.1) is 0 Å². The number of halogens is 1. The third-order valence-corrected chi connectivity index (χ3v) is 4.58. The number of guanidine groups is 1. The molecule has 1 unspecified atom stereocenters. The number of imidazole rings is 1. The fourth-order valence-electron chi connectivity index (χ4n) is 3.02. The minimum Gasteiger partial charge on any atom is -0.466 e. The molecule has 0 radical (unpaired) electrons. The van der Waals surface area contributed by atoms with Gasteiger partial charge in [0.15, 0.2) is 5.96 Å². The van der Waals surface area contributed by atoms with Crippen LogP contribution in [0.2, 0.25) is 0 Å². The zero-order valence-corrected chi connectivity index (χ0v) is 19.7. The molecule has 0 aliphatic carbocycles. The quantitative estimate of drug-likeness (QED) is 0.228. The van der Waals surface area contributed by atoms with Crippen molar-refractivity contribution in [2.45, 2.75) is 32.4 Å². The topological polar surface area (TPSA) is 87.6 Å². The Hall–Kier alpha value is -2.33. The maximum absolute atomic E-state index is 10.6. The fourth-order valence-corrected chi connectivity index (χ4v) is 3.02. The molecule has 0 saturated heterocycles. The molecule has 0 aliphatic rings. The summed E-state index contributed by atoms with van der Waals surface area (Å²) in [7, 11) is 0. The SMILES string of the molecule is CCNC(=NCC(C)(O)c1ccco1)NCCc1nccn1Cc1ccccc1.I. The van der Waals surface area contributed by atoms with E-state index in [9.17, 15) is 5.11 Å². The smallest absolute Gasteiger partial charge is 0.191 e. The number of nitrogens with zero attached hydrogens (tertiary/aromatic N) is 3. The van der Waals surface area contributed by atoms with Crippen molar-refractivity contribution in [2.24, 2.45) is 4.99 Å². The van der Waals surface area contributed by atoms with Crippen molar-refractivity contribution < 1.29 is 9.52 Å². The Balaban J connectivity index is 0.00000320. The molecule has 0 fully saturated rings.